The lowest BCUT2D eigenvalue weighted by Gasteiger charge is -2.25. The first-order valence-corrected chi connectivity index (χ1v) is 6.82. The molecule has 1 amide bonds. The molecule has 2 rings (SSSR count). The van der Waals surface area contributed by atoms with Crippen LogP contribution in [0.25, 0.3) is 5.57 Å². The van der Waals surface area contributed by atoms with Crippen LogP contribution in [-0.4, -0.2) is 31.0 Å². The molecular weight excluding hydrogens is 238 g/mol. The number of amides is 1. The van der Waals surface area contributed by atoms with Gasteiger partial charge in [0.15, 0.2) is 0 Å². The number of ether oxygens (including phenoxy) is 1. The van der Waals surface area contributed by atoms with Crippen molar-refractivity contribution in [2.24, 2.45) is 0 Å². The van der Waals surface area contributed by atoms with Gasteiger partial charge in [0.05, 0.1) is 7.11 Å². The van der Waals surface area contributed by atoms with Crippen LogP contribution < -0.4 is 4.74 Å². The van der Waals surface area contributed by atoms with E-state index >= 15 is 0 Å². The molecule has 1 aromatic rings. The molecular formula is C16H21NO2. The lowest BCUT2D eigenvalue weighted by atomic mass is 10.1. The predicted octanol–water partition coefficient (Wildman–Crippen LogP) is 3.11. The number of nitrogens with zero attached hydrogens (tertiary/aromatic N) is 1. The van der Waals surface area contributed by atoms with E-state index in [0.29, 0.717) is 0 Å². The van der Waals surface area contributed by atoms with Gasteiger partial charge in [-0.2, -0.15) is 0 Å². The average Bonchev–Trinajstić information content (AvgIpc) is 2.48. The van der Waals surface area contributed by atoms with Crippen LogP contribution >= 0.6 is 0 Å². The topological polar surface area (TPSA) is 29.5 Å². The van der Waals surface area contributed by atoms with E-state index in [1.54, 1.807) is 13.2 Å². The minimum atomic E-state index is 0.132. The highest BCUT2D eigenvalue weighted by molar-refractivity contribution is 5.94. The van der Waals surface area contributed by atoms with Gasteiger partial charge in [0.2, 0.25) is 5.91 Å². The van der Waals surface area contributed by atoms with Crippen LogP contribution in [0, 0.1) is 0 Å². The monoisotopic (exact) mass is 259 g/mol. The zero-order chi connectivity index (χ0) is 13.7. The van der Waals surface area contributed by atoms with Crippen LogP contribution in [0.15, 0.2) is 30.3 Å². The third-order valence-electron chi connectivity index (χ3n) is 3.55. The van der Waals surface area contributed by atoms with Crippen molar-refractivity contribution in [2.75, 3.05) is 20.2 Å². The summed E-state index contributed by atoms with van der Waals surface area (Å²) in [5.41, 5.74) is 2.06. The number of allylic oxidation sites excluding steroid dienone is 1. The van der Waals surface area contributed by atoms with E-state index in [2.05, 4.69) is 0 Å². The van der Waals surface area contributed by atoms with Gasteiger partial charge in [-0.1, -0.05) is 12.1 Å². The molecule has 1 fully saturated rings. The number of carbonyl (C=O) groups is 1. The number of hydrogen-bond acceptors (Lipinski definition) is 2. The molecule has 3 heteroatoms. The highest BCUT2D eigenvalue weighted by atomic mass is 16.5. The van der Waals surface area contributed by atoms with E-state index in [1.165, 1.54) is 6.42 Å². The number of likely N-dealkylation sites (tertiary alicyclic amines) is 1. The fraction of sp³-hybridized carbons (Fsp3) is 0.438. The van der Waals surface area contributed by atoms with Gasteiger partial charge in [0, 0.05) is 19.2 Å². The second-order valence-corrected chi connectivity index (χ2v) is 4.94. The van der Waals surface area contributed by atoms with Crippen molar-refractivity contribution >= 4 is 11.5 Å². The van der Waals surface area contributed by atoms with Gasteiger partial charge >= 0.3 is 0 Å². The maximum absolute atomic E-state index is 12.1. The minimum Gasteiger partial charge on any atom is -0.497 e. The molecule has 0 unspecified atom stereocenters. The van der Waals surface area contributed by atoms with E-state index in [0.717, 1.165) is 42.8 Å². The second-order valence-electron chi connectivity index (χ2n) is 4.94. The van der Waals surface area contributed by atoms with E-state index in [1.807, 2.05) is 36.1 Å². The molecule has 0 N–H and O–H groups in total. The van der Waals surface area contributed by atoms with Crippen LogP contribution in [0.2, 0.25) is 0 Å². The summed E-state index contributed by atoms with van der Waals surface area (Å²) in [7, 11) is 1.65. The zero-order valence-electron chi connectivity index (χ0n) is 11.7. The molecule has 1 heterocycles. The Balaban J connectivity index is 2.06. The Bertz CT molecular complexity index is 456. The summed E-state index contributed by atoms with van der Waals surface area (Å²) in [6.07, 6.45) is 5.24. The first-order valence-electron chi connectivity index (χ1n) is 6.82. The second kappa shape index (κ2) is 6.41. The number of rotatable bonds is 3. The molecule has 0 aromatic heterocycles. The lowest BCUT2D eigenvalue weighted by Crippen LogP contribution is -2.34. The summed E-state index contributed by atoms with van der Waals surface area (Å²) >= 11 is 0. The molecule has 0 saturated carbocycles. The number of benzene rings is 1. The molecule has 1 aromatic carbocycles. The maximum Gasteiger partial charge on any atom is 0.246 e. The third-order valence-corrected chi connectivity index (χ3v) is 3.55. The highest BCUT2D eigenvalue weighted by Gasteiger charge is 2.14. The zero-order valence-corrected chi connectivity index (χ0v) is 11.7. The van der Waals surface area contributed by atoms with Crippen molar-refractivity contribution in [1.82, 2.24) is 4.90 Å². The Kier molecular flexibility index (Phi) is 4.61. The average molecular weight is 259 g/mol. The van der Waals surface area contributed by atoms with Crippen LogP contribution in [-0.2, 0) is 4.79 Å². The number of hydrogen-bond donors (Lipinski definition) is 0. The van der Waals surface area contributed by atoms with E-state index < -0.39 is 0 Å². The number of methoxy groups -OCH3 is 1. The summed E-state index contributed by atoms with van der Waals surface area (Å²) < 4.78 is 5.13. The molecule has 0 aliphatic carbocycles. The molecule has 1 aliphatic rings. The first-order chi connectivity index (χ1) is 9.20. The number of piperidine rings is 1. The maximum atomic E-state index is 12.1. The van der Waals surface area contributed by atoms with Gasteiger partial charge in [0.25, 0.3) is 0 Å². The van der Waals surface area contributed by atoms with E-state index in [9.17, 15) is 4.79 Å². The Morgan fingerprint density at radius 1 is 1.16 bits per heavy atom. The Hall–Kier alpha value is -1.77. The normalized spacial score (nSPS) is 16.3. The van der Waals surface area contributed by atoms with Gasteiger partial charge in [-0.25, -0.2) is 0 Å². The Morgan fingerprint density at radius 3 is 2.37 bits per heavy atom. The van der Waals surface area contributed by atoms with Crippen molar-refractivity contribution in [2.45, 2.75) is 26.2 Å². The molecule has 102 valence electrons. The quantitative estimate of drug-likeness (QED) is 0.781. The van der Waals surface area contributed by atoms with Gasteiger partial charge < -0.3 is 9.64 Å². The van der Waals surface area contributed by atoms with Crippen molar-refractivity contribution in [1.29, 1.82) is 0 Å². The molecule has 1 saturated heterocycles. The lowest BCUT2D eigenvalue weighted by molar-refractivity contribution is -0.126. The molecule has 0 spiro atoms. The van der Waals surface area contributed by atoms with Crippen molar-refractivity contribution in [3.63, 3.8) is 0 Å². The standard InChI is InChI=1S/C16H21NO2/c1-13(14-6-8-15(19-2)9-7-14)12-16(18)17-10-4-3-5-11-17/h6-9,12H,3-5,10-11H2,1-2H3/b13-12+. The Morgan fingerprint density at radius 2 is 1.79 bits per heavy atom. The smallest absolute Gasteiger partial charge is 0.246 e. The van der Waals surface area contributed by atoms with E-state index in [4.69, 9.17) is 4.74 Å². The summed E-state index contributed by atoms with van der Waals surface area (Å²) in [4.78, 5) is 14.1. The summed E-state index contributed by atoms with van der Waals surface area (Å²) in [6, 6.07) is 7.79. The molecule has 3 nitrogen and oxygen atoms in total. The molecule has 1 aliphatic heterocycles. The van der Waals surface area contributed by atoms with Crippen LogP contribution in [0.3, 0.4) is 0 Å². The van der Waals surface area contributed by atoms with Crippen molar-refractivity contribution < 1.29 is 9.53 Å². The summed E-state index contributed by atoms with van der Waals surface area (Å²) in [5, 5.41) is 0. The van der Waals surface area contributed by atoms with Gasteiger partial charge in [-0.05, 0) is 49.5 Å². The van der Waals surface area contributed by atoms with E-state index in [-0.39, 0.29) is 5.91 Å². The van der Waals surface area contributed by atoms with Crippen LogP contribution in [0.1, 0.15) is 31.7 Å². The van der Waals surface area contributed by atoms with Gasteiger partial charge in [-0.15, -0.1) is 0 Å². The molecule has 0 atom stereocenters. The highest BCUT2D eigenvalue weighted by Crippen LogP contribution is 2.19. The molecule has 0 radical (unpaired) electrons. The SMILES string of the molecule is COc1ccc(/C(C)=C/C(=O)N2CCCCC2)cc1. The molecule has 0 bridgehead atoms. The van der Waals surface area contributed by atoms with Gasteiger partial charge in [0.1, 0.15) is 5.75 Å². The van der Waals surface area contributed by atoms with Crippen LogP contribution in [0.5, 0.6) is 5.75 Å². The largest absolute Gasteiger partial charge is 0.497 e. The van der Waals surface area contributed by atoms with Crippen molar-refractivity contribution in [3.8, 4) is 5.75 Å². The third kappa shape index (κ3) is 3.60. The predicted molar refractivity (Wildman–Crippen MR) is 77.1 cm³/mol. The summed E-state index contributed by atoms with van der Waals surface area (Å²) in [6.45, 7) is 3.76. The van der Waals surface area contributed by atoms with Crippen LogP contribution in [0.4, 0.5) is 0 Å². The fourth-order valence-corrected chi connectivity index (χ4v) is 2.33. The van der Waals surface area contributed by atoms with Crippen molar-refractivity contribution in [3.05, 3.63) is 35.9 Å². The Labute approximate surface area is 114 Å². The number of carbonyl (C=O) groups excluding carboxylic acids is 1. The summed E-state index contributed by atoms with van der Waals surface area (Å²) in [5.74, 6) is 0.965. The fourth-order valence-electron chi connectivity index (χ4n) is 2.33. The molecule has 19 heavy (non-hydrogen) atoms. The minimum absolute atomic E-state index is 0.132. The van der Waals surface area contributed by atoms with Gasteiger partial charge in [-0.3, -0.25) is 4.79 Å². The first kappa shape index (κ1) is 13.7.